The van der Waals surface area contributed by atoms with Gasteiger partial charge in [-0.2, -0.15) is 0 Å². The van der Waals surface area contributed by atoms with E-state index in [-0.39, 0.29) is 17.1 Å². The number of anilines is 1. The van der Waals surface area contributed by atoms with Crippen LogP contribution in [0.25, 0.3) is 11.4 Å². The molecule has 1 N–H and O–H groups in total. The molecule has 148 valence electrons. The van der Waals surface area contributed by atoms with Gasteiger partial charge in [0.05, 0.1) is 16.4 Å². The number of nitro benzene ring substituents is 1. The van der Waals surface area contributed by atoms with Crippen molar-refractivity contribution in [2.75, 3.05) is 11.1 Å². The minimum absolute atomic E-state index is 0.0895. The molecule has 0 unspecified atom stereocenters. The summed E-state index contributed by atoms with van der Waals surface area (Å²) in [5, 5.41) is 21.9. The summed E-state index contributed by atoms with van der Waals surface area (Å²) in [7, 11) is 0. The van der Waals surface area contributed by atoms with Crippen LogP contribution in [-0.2, 0) is 11.3 Å². The number of aromatic nitrogens is 4. The van der Waals surface area contributed by atoms with Crippen LogP contribution in [0.4, 0.5) is 15.8 Å². The zero-order chi connectivity index (χ0) is 20.8. The minimum atomic E-state index is -0.760. The maximum Gasteiger partial charge on any atom is 0.271 e. The maximum absolute atomic E-state index is 13.8. The van der Waals surface area contributed by atoms with E-state index in [2.05, 4.69) is 27.1 Å². The van der Waals surface area contributed by atoms with Gasteiger partial charge in [0.1, 0.15) is 5.82 Å². The number of rotatable bonds is 8. The first kappa shape index (κ1) is 20.1. The quantitative estimate of drug-likeness (QED) is 0.260. The molecule has 11 heteroatoms. The molecule has 29 heavy (non-hydrogen) atoms. The number of carbonyl (C=O) groups is 1. The molecule has 3 rings (SSSR count). The van der Waals surface area contributed by atoms with Gasteiger partial charge in [0, 0.05) is 36.6 Å². The lowest BCUT2D eigenvalue weighted by Gasteiger charge is -2.08. The van der Waals surface area contributed by atoms with Crippen molar-refractivity contribution in [1.82, 2.24) is 19.7 Å². The van der Waals surface area contributed by atoms with Crippen LogP contribution in [0.5, 0.6) is 0 Å². The van der Waals surface area contributed by atoms with Crippen LogP contribution in [0.15, 0.2) is 60.5 Å². The second kappa shape index (κ2) is 9.06. The van der Waals surface area contributed by atoms with Crippen molar-refractivity contribution < 1.29 is 14.1 Å². The molecule has 0 aliphatic heterocycles. The van der Waals surface area contributed by atoms with Crippen molar-refractivity contribution >= 4 is 29.0 Å². The van der Waals surface area contributed by atoms with Crippen molar-refractivity contribution in [3.8, 4) is 11.4 Å². The van der Waals surface area contributed by atoms with Crippen LogP contribution < -0.4 is 5.32 Å². The fourth-order valence-corrected chi connectivity index (χ4v) is 3.19. The van der Waals surface area contributed by atoms with E-state index in [4.69, 9.17) is 0 Å². The second-order valence-electron chi connectivity index (χ2n) is 5.70. The van der Waals surface area contributed by atoms with E-state index >= 15 is 0 Å². The van der Waals surface area contributed by atoms with Gasteiger partial charge in [-0.05, 0) is 18.2 Å². The van der Waals surface area contributed by atoms with Crippen molar-refractivity contribution in [3.63, 3.8) is 0 Å². The van der Waals surface area contributed by atoms with E-state index in [1.807, 2.05) is 0 Å². The third-order valence-corrected chi connectivity index (χ3v) is 4.70. The first-order chi connectivity index (χ1) is 14.0. The fourth-order valence-electron chi connectivity index (χ4n) is 2.44. The van der Waals surface area contributed by atoms with Crippen molar-refractivity contribution in [3.05, 3.63) is 71.3 Å². The number of nitrogens with one attached hydrogen (secondary N) is 1. The molecule has 0 aliphatic rings. The van der Waals surface area contributed by atoms with Crippen LogP contribution in [0, 0.1) is 15.9 Å². The Balaban J connectivity index is 1.72. The number of non-ortho nitro benzene ring substituents is 1. The molecule has 0 radical (unpaired) electrons. The zero-order valence-electron chi connectivity index (χ0n) is 15.0. The Labute approximate surface area is 168 Å². The van der Waals surface area contributed by atoms with Gasteiger partial charge in [-0.15, -0.1) is 16.8 Å². The third kappa shape index (κ3) is 4.82. The summed E-state index contributed by atoms with van der Waals surface area (Å²) in [6, 6.07) is 6.51. The van der Waals surface area contributed by atoms with Crippen LogP contribution >= 0.6 is 11.8 Å². The van der Waals surface area contributed by atoms with E-state index in [9.17, 15) is 19.3 Å². The molecular formula is C18H15FN6O3S. The average molecular weight is 414 g/mol. The SMILES string of the molecule is C=CCn1c(SCC(=O)Nc2cc([N+](=O)[O-])ccc2F)nnc1-c1ccncc1. The highest BCUT2D eigenvalue weighted by atomic mass is 32.2. The number of nitro groups is 1. The molecule has 0 saturated heterocycles. The lowest BCUT2D eigenvalue weighted by molar-refractivity contribution is -0.384. The predicted molar refractivity (Wildman–Crippen MR) is 106 cm³/mol. The lowest BCUT2D eigenvalue weighted by atomic mass is 10.2. The Morgan fingerprint density at radius 3 is 2.76 bits per heavy atom. The molecule has 1 amide bonds. The number of nitrogens with zero attached hydrogens (tertiary/aromatic N) is 5. The van der Waals surface area contributed by atoms with Gasteiger partial charge < -0.3 is 5.32 Å². The summed E-state index contributed by atoms with van der Waals surface area (Å²) in [4.78, 5) is 26.3. The lowest BCUT2D eigenvalue weighted by Crippen LogP contribution is -2.16. The van der Waals surface area contributed by atoms with Crippen LogP contribution in [0.2, 0.25) is 0 Å². The summed E-state index contributed by atoms with van der Waals surface area (Å²) in [6.45, 7) is 4.15. The fraction of sp³-hybridized carbons (Fsp3) is 0.111. The number of halogens is 1. The summed E-state index contributed by atoms with van der Waals surface area (Å²) in [5.74, 6) is -0.787. The number of benzene rings is 1. The van der Waals surface area contributed by atoms with Crippen molar-refractivity contribution in [1.29, 1.82) is 0 Å². The molecule has 9 nitrogen and oxygen atoms in total. The number of carbonyl (C=O) groups excluding carboxylic acids is 1. The van der Waals surface area contributed by atoms with Crippen LogP contribution in [0.1, 0.15) is 0 Å². The minimum Gasteiger partial charge on any atom is -0.323 e. The van der Waals surface area contributed by atoms with Gasteiger partial charge in [-0.3, -0.25) is 24.5 Å². The molecule has 0 bridgehead atoms. The average Bonchev–Trinajstić information content (AvgIpc) is 3.11. The number of pyridine rings is 1. The van der Waals surface area contributed by atoms with Gasteiger partial charge in [-0.25, -0.2) is 4.39 Å². The van der Waals surface area contributed by atoms with Gasteiger partial charge >= 0.3 is 0 Å². The highest BCUT2D eigenvalue weighted by Gasteiger charge is 2.17. The molecular weight excluding hydrogens is 399 g/mol. The third-order valence-electron chi connectivity index (χ3n) is 3.73. The number of hydrogen-bond donors (Lipinski definition) is 1. The molecule has 2 aromatic heterocycles. The molecule has 0 spiro atoms. The largest absolute Gasteiger partial charge is 0.323 e. The maximum atomic E-state index is 13.8. The summed E-state index contributed by atoms with van der Waals surface area (Å²) >= 11 is 1.10. The molecule has 2 heterocycles. The molecule has 1 aromatic carbocycles. The Morgan fingerprint density at radius 1 is 1.31 bits per heavy atom. The van der Waals surface area contributed by atoms with Crippen LogP contribution in [-0.4, -0.2) is 36.3 Å². The normalized spacial score (nSPS) is 10.5. The molecule has 3 aromatic rings. The first-order valence-corrected chi connectivity index (χ1v) is 9.29. The van der Waals surface area contributed by atoms with E-state index in [0.29, 0.717) is 17.5 Å². The highest BCUT2D eigenvalue weighted by molar-refractivity contribution is 7.99. The predicted octanol–water partition coefficient (Wildman–Crippen LogP) is 3.30. The first-order valence-electron chi connectivity index (χ1n) is 8.30. The standard InChI is InChI=1S/C18H15FN6O3S/c1-2-9-24-17(12-5-7-20-8-6-12)22-23-18(24)29-11-16(26)21-15-10-13(25(27)28)3-4-14(15)19/h2-8,10H,1,9,11H2,(H,21,26). The van der Waals surface area contributed by atoms with E-state index in [1.54, 1.807) is 35.2 Å². The van der Waals surface area contributed by atoms with E-state index in [0.717, 1.165) is 35.5 Å². The highest BCUT2D eigenvalue weighted by Crippen LogP contribution is 2.25. The topological polar surface area (TPSA) is 116 Å². The molecule has 0 fully saturated rings. The molecule has 0 atom stereocenters. The zero-order valence-corrected chi connectivity index (χ0v) is 15.8. The van der Waals surface area contributed by atoms with Gasteiger partial charge in [0.2, 0.25) is 5.91 Å². The summed E-state index contributed by atoms with van der Waals surface area (Å²) in [6.07, 6.45) is 4.95. The Bertz CT molecular complexity index is 1060. The van der Waals surface area contributed by atoms with Gasteiger partial charge in [-0.1, -0.05) is 17.8 Å². The number of thioether (sulfide) groups is 1. The number of amides is 1. The summed E-state index contributed by atoms with van der Waals surface area (Å²) in [5.41, 5.74) is 0.237. The Kier molecular flexibility index (Phi) is 6.29. The van der Waals surface area contributed by atoms with Crippen molar-refractivity contribution in [2.24, 2.45) is 0 Å². The Morgan fingerprint density at radius 2 is 2.07 bits per heavy atom. The van der Waals surface area contributed by atoms with E-state index in [1.165, 1.54) is 0 Å². The number of hydrogen-bond acceptors (Lipinski definition) is 7. The van der Waals surface area contributed by atoms with Crippen molar-refractivity contribution in [2.45, 2.75) is 11.7 Å². The van der Waals surface area contributed by atoms with Gasteiger partial charge in [0.25, 0.3) is 5.69 Å². The molecule has 0 aliphatic carbocycles. The number of allylic oxidation sites excluding steroid dienone is 1. The van der Waals surface area contributed by atoms with E-state index < -0.39 is 16.6 Å². The second-order valence-corrected chi connectivity index (χ2v) is 6.64. The molecule has 0 saturated carbocycles. The van der Waals surface area contributed by atoms with Crippen LogP contribution in [0.3, 0.4) is 0 Å². The smallest absolute Gasteiger partial charge is 0.271 e. The Hall–Kier alpha value is -3.60. The van der Waals surface area contributed by atoms with Gasteiger partial charge in [0.15, 0.2) is 11.0 Å². The monoisotopic (exact) mass is 414 g/mol. The summed E-state index contributed by atoms with van der Waals surface area (Å²) < 4.78 is 15.6.